The maximum absolute atomic E-state index is 13.2. The molecular weight excluding hydrogens is 489 g/mol. The monoisotopic (exact) mass is 505 g/mol. The van der Waals surface area contributed by atoms with Crippen LogP contribution in [0, 0.1) is 0 Å². The Balaban J connectivity index is 1.73. The third-order valence-electron chi connectivity index (χ3n) is 5.22. The van der Waals surface area contributed by atoms with Gasteiger partial charge in [-0.15, -0.1) is 0 Å². The van der Waals surface area contributed by atoms with Gasteiger partial charge in [0.25, 0.3) is 0 Å². The predicted octanol–water partition coefficient (Wildman–Crippen LogP) is 6.35. The zero-order valence-electron chi connectivity index (χ0n) is 17.1. The number of ether oxygens (including phenoxy) is 2. The summed E-state index contributed by atoms with van der Waals surface area (Å²) in [5.41, 5.74) is 2.75. The van der Waals surface area contributed by atoms with Crippen LogP contribution in [0.4, 0.5) is 4.79 Å². The van der Waals surface area contributed by atoms with Crippen LogP contribution in [-0.4, -0.2) is 28.7 Å². The van der Waals surface area contributed by atoms with Gasteiger partial charge in [0.1, 0.15) is 12.4 Å². The van der Waals surface area contributed by atoms with E-state index in [9.17, 15) is 9.59 Å². The van der Waals surface area contributed by atoms with Gasteiger partial charge < -0.3 is 14.6 Å². The standard InChI is InChI=1S/C24H18Cl3NO5/c25-15-6-9-20(32-13-21(29)30)17(10-15)23-16-7-8-19(26)22(27)18(16)11-28(23)24(31)33-12-14-4-2-1-3-5-14/h1-10,23H,11-13H2,(H,29,30). The minimum absolute atomic E-state index is 0.0889. The average molecular weight is 507 g/mol. The first-order valence-electron chi connectivity index (χ1n) is 9.93. The molecule has 33 heavy (non-hydrogen) atoms. The van der Waals surface area contributed by atoms with Crippen molar-refractivity contribution in [2.75, 3.05) is 6.61 Å². The molecule has 1 amide bonds. The number of fused-ring (bicyclic) bond motifs is 1. The summed E-state index contributed by atoms with van der Waals surface area (Å²) >= 11 is 18.9. The molecule has 9 heteroatoms. The molecule has 0 spiro atoms. The van der Waals surface area contributed by atoms with E-state index in [-0.39, 0.29) is 18.9 Å². The second-order valence-electron chi connectivity index (χ2n) is 7.36. The van der Waals surface area contributed by atoms with Crippen LogP contribution in [0.1, 0.15) is 28.3 Å². The molecule has 0 bridgehead atoms. The maximum Gasteiger partial charge on any atom is 0.411 e. The molecule has 4 rings (SSSR count). The molecule has 1 aliphatic heterocycles. The highest BCUT2D eigenvalue weighted by Gasteiger charge is 2.39. The van der Waals surface area contributed by atoms with Gasteiger partial charge >= 0.3 is 12.1 Å². The summed E-state index contributed by atoms with van der Waals surface area (Å²) in [4.78, 5) is 25.8. The van der Waals surface area contributed by atoms with Crippen LogP contribution >= 0.6 is 34.8 Å². The molecule has 1 unspecified atom stereocenters. The molecule has 0 fully saturated rings. The molecule has 0 saturated heterocycles. The minimum atomic E-state index is -1.13. The van der Waals surface area contributed by atoms with E-state index in [1.807, 2.05) is 30.3 Å². The number of carboxylic acid groups (broad SMARTS) is 1. The topological polar surface area (TPSA) is 76.1 Å². The Kier molecular flexibility index (Phi) is 6.98. The van der Waals surface area contributed by atoms with Crippen molar-refractivity contribution in [3.05, 3.63) is 98.0 Å². The Labute approximate surface area is 205 Å². The summed E-state index contributed by atoms with van der Waals surface area (Å²) < 4.78 is 11.1. The van der Waals surface area contributed by atoms with E-state index in [4.69, 9.17) is 49.4 Å². The zero-order valence-corrected chi connectivity index (χ0v) is 19.4. The lowest BCUT2D eigenvalue weighted by atomic mass is 9.97. The molecule has 3 aromatic carbocycles. The van der Waals surface area contributed by atoms with Crippen LogP contribution in [0.15, 0.2) is 60.7 Å². The number of hydrogen-bond acceptors (Lipinski definition) is 4. The molecule has 0 aromatic heterocycles. The molecule has 3 aromatic rings. The van der Waals surface area contributed by atoms with E-state index in [1.54, 1.807) is 30.3 Å². The SMILES string of the molecule is O=C(O)COc1ccc(Cl)cc1C1c2ccc(Cl)c(Cl)c2CN1C(=O)OCc1ccccc1. The van der Waals surface area contributed by atoms with Gasteiger partial charge in [-0.3, -0.25) is 4.90 Å². The van der Waals surface area contributed by atoms with Crippen LogP contribution in [0.5, 0.6) is 5.75 Å². The minimum Gasteiger partial charge on any atom is -0.482 e. The highest BCUT2D eigenvalue weighted by atomic mass is 35.5. The van der Waals surface area contributed by atoms with Gasteiger partial charge in [-0.25, -0.2) is 9.59 Å². The number of halogens is 3. The van der Waals surface area contributed by atoms with Gasteiger partial charge in [0.2, 0.25) is 0 Å². The number of benzene rings is 3. The molecule has 1 atom stereocenters. The number of carbonyl (C=O) groups is 2. The van der Waals surface area contributed by atoms with Crippen LogP contribution in [0.25, 0.3) is 0 Å². The van der Waals surface area contributed by atoms with Crippen molar-refractivity contribution < 1.29 is 24.2 Å². The normalized spacial score (nSPS) is 14.6. The van der Waals surface area contributed by atoms with Crippen molar-refractivity contribution in [1.82, 2.24) is 4.90 Å². The Morgan fingerprint density at radius 1 is 1.00 bits per heavy atom. The van der Waals surface area contributed by atoms with Crippen molar-refractivity contribution in [3.8, 4) is 5.75 Å². The van der Waals surface area contributed by atoms with E-state index >= 15 is 0 Å². The first-order valence-corrected chi connectivity index (χ1v) is 11.1. The van der Waals surface area contributed by atoms with E-state index in [0.29, 0.717) is 26.2 Å². The van der Waals surface area contributed by atoms with Crippen molar-refractivity contribution >= 4 is 46.9 Å². The Bertz CT molecular complexity index is 1200. The van der Waals surface area contributed by atoms with Gasteiger partial charge in [0.05, 0.1) is 22.6 Å². The zero-order chi connectivity index (χ0) is 23.5. The molecule has 0 aliphatic carbocycles. The van der Waals surface area contributed by atoms with Crippen molar-refractivity contribution in [2.24, 2.45) is 0 Å². The van der Waals surface area contributed by atoms with Gasteiger partial charge in [-0.2, -0.15) is 0 Å². The van der Waals surface area contributed by atoms with Crippen molar-refractivity contribution in [2.45, 2.75) is 19.2 Å². The lowest BCUT2D eigenvalue weighted by Crippen LogP contribution is -2.31. The number of aliphatic carboxylic acids is 1. The molecule has 6 nitrogen and oxygen atoms in total. The van der Waals surface area contributed by atoms with Crippen LogP contribution in [0.2, 0.25) is 15.1 Å². The maximum atomic E-state index is 13.2. The second kappa shape index (κ2) is 9.91. The van der Waals surface area contributed by atoms with Gasteiger partial charge in [0, 0.05) is 10.6 Å². The fourth-order valence-corrected chi connectivity index (χ4v) is 4.35. The Morgan fingerprint density at radius 3 is 2.48 bits per heavy atom. The molecule has 1 aliphatic rings. The molecule has 0 radical (unpaired) electrons. The van der Waals surface area contributed by atoms with E-state index in [0.717, 1.165) is 11.1 Å². The van der Waals surface area contributed by atoms with Crippen LogP contribution < -0.4 is 4.74 Å². The molecule has 0 saturated carbocycles. The number of nitrogens with zero attached hydrogens (tertiary/aromatic N) is 1. The Hall–Kier alpha value is -2.93. The quantitative estimate of drug-likeness (QED) is 0.421. The molecule has 1 N–H and O–H groups in total. The van der Waals surface area contributed by atoms with E-state index in [2.05, 4.69) is 0 Å². The molecular formula is C24H18Cl3NO5. The van der Waals surface area contributed by atoms with E-state index < -0.39 is 24.7 Å². The third-order valence-corrected chi connectivity index (χ3v) is 6.30. The first-order chi connectivity index (χ1) is 15.8. The van der Waals surface area contributed by atoms with Gasteiger partial charge in [0.15, 0.2) is 6.61 Å². The number of carboxylic acids is 1. The third kappa shape index (κ3) is 5.03. The number of carbonyl (C=O) groups excluding carboxylic acids is 1. The summed E-state index contributed by atoms with van der Waals surface area (Å²) in [6.07, 6.45) is -0.573. The molecule has 170 valence electrons. The summed E-state index contributed by atoms with van der Waals surface area (Å²) in [6, 6.07) is 16.9. The van der Waals surface area contributed by atoms with Crippen molar-refractivity contribution in [1.29, 1.82) is 0 Å². The number of rotatable bonds is 6. The first kappa shape index (κ1) is 23.2. The lowest BCUT2D eigenvalue weighted by molar-refractivity contribution is -0.139. The van der Waals surface area contributed by atoms with Gasteiger partial charge in [-0.1, -0.05) is 71.2 Å². The number of amides is 1. The lowest BCUT2D eigenvalue weighted by Gasteiger charge is -2.26. The summed E-state index contributed by atoms with van der Waals surface area (Å²) in [5, 5.41) is 10.2. The van der Waals surface area contributed by atoms with E-state index in [1.165, 1.54) is 4.90 Å². The smallest absolute Gasteiger partial charge is 0.411 e. The van der Waals surface area contributed by atoms with Gasteiger partial charge in [-0.05, 0) is 41.0 Å². The highest BCUT2D eigenvalue weighted by molar-refractivity contribution is 6.42. The largest absolute Gasteiger partial charge is 0.482 e. The second-order valence-corrected chi connectivity index (χ2v) is 8.59. The van der Waals surface area contributed by atoms with Crippen LogP contribution in [-0.2, 0) is 22.7 Å². The average Bonchev–Trinajstić information content (AvgIpc) is 3.20. The molecule has 1 heterocycles. The summed E-state index contributed by atoms with van der Waals surface area (Å²) in [5.74, 6) is -0.844. The predicted molar refractivity (Wildman–Crippen MR) is 125 cm³/mol. The fourth-order valence-electron chi connectivity index (χ4n) is 3.77. The van der Waals surface area contributed by atoms with Crippen LogP contribution in [0.3, 0.4) is 0 Å². The van der Waals surface area contributed by atoms with Crippen molar-refractivity contribution in [3.63, 3.8) is 0 Å². The highest BCUT2D eigenvalue weighted by Crippen LogP contribution is 2.46. The Morgan fingerprint density at radius 2 is 1.76 bits per heavy atom. The summed E-state index contributed by atoms with van der Waals surface area (Å²) in [7, 11) is 0. The summed E-state index contributed by atoms with van der Waals surface area (Å²) in [6.45, 7) is -0.308. The number of hydrogen-bond donors (Lipinski definition) is 1. The fraction of sp³-hybridized carbons (Fsp3) is 0.167.